The number of carbonyl (C=O) groups is 4. The first-order valence-electron chi connectivity index (χ1n) is 14.1. The molecule has 0 radical (unpaired) electrons. The van der Waals surface area contributed by atoms with Gasteiger partial charge in [0.05, 0.1) is 18.5 Å². The summed E-state index contributed by atoms with van der Waals surface area (Å²) in [6, 6.07) is 0. The molecular formula is C29H38F2O7S. The van der Waals surface area contributed by atoms with Crippen molar-refractivity contribution in [3.8, 4) is 0 Å². The van der Waals surface area contributed by atoms with E-state index < -0.39 is 63.3 Å². The summed E-state index contributed by atoms with van der Waals surface area (Å²) in [7, 11) is 0. The average molecular weight is 569 g/mol. The number of ether oxygens (including phenoxy) is 2. The minimum atomic E-state index is -2.21. The van der Waals surface area contributed by atoms with Crippen LogP contribution in [0.5, 0.6) is 0 Å². The Bertz CT molecular complexity index is 1130. The summed E-state index contributed by atoms with van der Waals surface area (Å²) in [5, 5.41) is 11.1. The maximum atomic E-state index is 17.5. The van der Waals surface area contributed by atoms with Crippen molar-refractivity contribution in [3.63, 3.8) is 0 Å². The first-order chi connectivity index (χ1) is 18.3. The Kier molecular flexibility index (Phi) is 7.09. The first-order valence-corrected chi connectivity index (χ1v) is 15.1. The van der Waals surface area contributed by atoms with Crippen molar-refractivity contribution in [2.45, 2.75) is 101 Å². The molecule has 0 bridgehead atoms. The van der Waals surface area contributed by atoms with Gasteiger partial charge in [0.1, 0.15) is 17.1 Å². The highest BCUT2D eigenvalue weighted by Gasteiger charge is 2.78. The molecular weight excluding hydrogens is 530 g/mol. The fourth-order valence-electron chi connectivity index (χ4n) is 8.91. The lowest BCUT2D eigenvalue weighted by molar-refractivity contribution is -0.238. The zero-order valence-corrected chi connectivity index (χ0v) is 23.8. The van der Waals surface area contributed by atoms with Crippen molar-refractivity contribution in [1.29, 1.82) is 0 Å². The Labute approximate surface area is 231 Å². The second-order valence-corrected chi connectivity index (χ2v) is 13.8. The van der Waals surface area contributed by atoms with Gasteiger partial charge < -0.3 is 14.6 Å². The summed E-state index contributed by atoms with van der Waals surface area (Å²) in [4.78, 5) is 51.1. The fourth-order valence-corrected chi connectivity index (χ4v) is 9.95. The van der Waals surface area contributed by atoms with E-state index in [1.54, 1.807) is 27.7 Å². The number of hydrogen-bond acceptors (Lipinski definition) is 8. The molecule has 7 nitrogen and oxygen atoms in total. The SMILES string of the molecule is CCC(=O)O[C@]1(C(=O)CSC2CCOC2=O)[C@H](C)C[C@H]2[C@@H]3C[C@H](F)C4=CC(=O)CC[C@]4(C)[C@@]3(F)[C@@H](O)C[C@@]21C. The van der Waals surface area contributed by atoms with Gasteiger partial charge in [-0.2, -0.15) is 0 Å². The summed E-state index contributed by atoms with van der Waals surface area (Å²) < 4.78 is 44.4. The monoisotopic (exact) mass is 568 g/mol. The number of alkyl halides is 2. The van der Waals surface area contributed by atoms with Crippen LogP contribution in [0.1, 0.15) is 72.6 Å². The first kappa shape index (κ1) is 28.7. The third-order valence-electron chi connectivity index (χ3n) is 10.8. The van der Waals surface area contributed by atoms with Crippen LogP contribution in [-0.4, -0.2) is 69.8 Å². The Morgan fingerprint density at radius 2 is 1.95 bits per heavy atom. The van der Waals surface area contributed by atoms with Crippen LogP contribution >= 0.6 is 11.8 Å². The molecule has 4 aliphatic carbocycles. The molecule has 0 spiro atoms. The number of Topliss-reactive ketones (excluding diaryl/α,β-unsaturated/α-hetero) is 1. The molecule has 1 heterocycles. The highest BCUT2D eigenvalue weighted by atomic mass is 32.2. The van der Waals surface area contributed by atoms with Gasteiger partial charge in [-0.05, 0) is 43.3 Å². The van der Waals surface area contributed by atoms with Crippen molar-refractivity contribution >= 4 is 35.3 Å². The molecule has 10 heteroatoms. The Morgan fingerprint density at radius 1 is 1.23 bits per heavy atom. The van der Waals surface area contributed by atoms with Gasteiger partial charge in [0.25, 0.3) is 0 Å². The number of ketones is 2. The summed E-state index contributed by atoms with van der Waals surface area (Å²) in [6.45, 7) is 7.09. The van der Waals surface area contributed by atoms with Gasteiger partial charge in [-0.1, -0.05) is 27.7 Å². The molecule has 216 valence electrons. The number of esters is 2. The van der Waals surface area contributed by atoms with Crippen molar-refractivity contribution in [1.82, 2.24) is 0 Å². The summed E-state index contributed by atoms with van der Waals surface area (Å²) in [5.41, 5.74) is -6.27. The lowest BCUT2D eigenvalue weighted by Crippen LogP contribution is -2.71. The number of rotatable bonds is 6. The van der Waals surface area contributed by atoms with Crippen LogP contribution in [0.2, 0.25) is 0 Å². The maximum Gasteiger partial charge on any atom is 0.319 e. The van der Waals surface area contributed by atoms with Gasteiger partial charge in [-0.3, -0.25) is 19.2 Å². The number of aliphatic hydroxyl groups excluding tert-OH is 1. The van der Waals surface area contributed by atoms with E-state index in [0.717, 1.165) is 11.8 Å². The third-order valence-corrected chi connectivity index (χ3v) is 12.1. The van der Waals surface area contributed by atoms with Crippen LogP contribution in [0.4, 0.5) is 8.78 Å². The molecule has 10 atom stereocenters. The topological polar surface area (TPSA) is 107 Å². The van der Waals surface area contributed by atoms with E-state index >= 15 is 8.78 Å². The minimum absolute atomic E-state index is 0.0242. The molecule has 0 aromatic rings. The quantitative estimate of drug-likeness (QED) is 0.478. The van der Waals surface area contributed by atoms with E-state index in [0.29, 0.717) is 12.8 Å². The predicted octanol–water partition coefficient (Wildman–Crippen LogP) is 4.09. The second kappa shape index (κ2) is 9.64. The van der Waals surface area contributed by atoms with Gasteiger partial charge in [0.15, 0.2) is 17.2 Å². The van der Waals surface area contributed by atoms with Crippen molar-refractivity contribution in [3.05, 3.63) is 11.6 Å². The number of aliphatic hydroxyl groups is 1. The highest BCUT2D eigenvalue weighted by Crippen LogP contribution is 2.72. The minimum Gasteiger partial charge on any atom is -0.465 e. The molecule has 0 aromatic carbocycles. The van der Waals surface area contributed by atoms with Crippen LogP contribution in [0, 0.1) is 28.6 Å². The fraction of sp³-hybridized carbons (Fsp3) is 0.793. The third kappa shape index (κ3) is 3.82. The number of hydrogen-bond donors (Lipinski definition) is 1. The average Bonchev–Trinajstić information content (AvgIpc) is 3.39. The van der Waals surface area contributed by atoms with Crippen LogP contribution in [0.3, 0.4) is 0 Å². The molecule has 1 saturated heterocycles. The zero-order chi connectivity index (χ0) is 28.5. The van der Waals surface area contributed by atoms with Crippen molar-refractivity contribution in [2.75, 3.05) is 12.4 Å². The van der Waals surface area contributed by atoms with E-state index in [9.17, 15) is 24.3 Å². The van der Waals surface area contributed by atoms with Gasteiger partial charge in [-0.25, -0.2) is 8.78 Å². The molecule has 5 rings (SSSR count). The molecule has 0 amide bonds. The van der Waals surface area contributed by atoms with Crippen molar-refractivity contribution in [2.24, 2.45) is 28.6 Å². The van der Waals surface area contributed by atoms with E-state index in [1.807, 2.05) is 0 Å². The number of carbonyl (C=O) groups excluding carboxylic acids is 4. The predicted molar refractivity (Wildman–Crippen MR) is 139 cm³/mol. The Balaban J connectivity index is 1.56. The molecule has 1 aliphatic heterocycles. The Morgan fingerprint density at radius 3 is 2.59 bits per heavy atom. The van der Waals surface area contributed by atoms with Crippen LogP contribution in [0.25, 0.3) is 0 Å². The summed E-state index contributed by atoms with van der Waals surface area (Å²) in [5.74, 6) is -3.70. The van der Waals surface area contributed by atoms with Crippen LogP contribution in [-0.2, 0) is 28.7 Å². The highest BCUT2D eigenvalue weighted by molar-refractivity contribution is 8.01. The maximum absolute atomic E-state index is 17.5. The number of thioether (sulfide) groups is 1. The molecule has 1 N–H and O–H groups in total. The molecule has 39 heavy (non-hydrogen) atoms. The largest absolute Gasteiger partial charge is 0.465 e. The molecule has 5 aliphatic rings. The van der Waals surface area contributed by atoms with Gasteiger partial charge in [0.2, 0.25) is 0 Å². The molecule has 4 fully saturated rings. The summed E-state index contributed by atoms with van der Waals surface area (Å²) >= 11 is 1.15. The van der Waals surface area contributed by atoms with E-state index in [2.05, 4.69) is 0 Å². The number of halogens is 2. The smallest absolute Gasteiger partial charge is 0.319 e. The number of cyclic esters (lactones) is 1. The van der Waals surface area contributed by atoms with Gasteiger partial charge in [0, 0.05) is 41.9 Å². The van der Waals surface area contributed by atoms with E-state index in [-0.39, 0.29) is 67.6 Å². The van der Waals surface area contributed by atoms with Crippen LogP contribution in [0.15, 0.2) is 11.6 Å². The number of fused-ring (bicyclic) bond motifs is 5. The standard InChI is InChI=1S/C29H38F2O7S/c1-5-24(35)38-29(23(34)14-39-21-7-9-37-25(21)36)15(2)10-17-18-12-20(30)19-11-16(32)6-8-26(19,3)28(18,31)22(33)13-27(17,29)4/h11,15,17-18,20-22,33H,5-10,12-14H2,1-4H3/t15-,17+,18+,20+,21?,22+,26+,27+,28+,29+/m1/s1. The Hall–Kier alpha value is -1.81. The molecule has 3 saturated carbocycles. The molecule has 1 unspecified atom stereocenters. The number of allylic oxidation sites excluding steroid dienone is 1. The lowest BCUT2D eigenvalue weighted by atomic mass is 9.43. The van der Waals surface area contributed by atoms with Gasteiger partial charge in [-0.15, -0.1) is 11.8 Å². The second-order valence-electron chi connectivity index (χ2n) is 12.6. The van der Waals surface area contributed by atoms with E-state index in [1.165, 1.54) is 6.08 Å². The van der Waals surface area contributed by atoms with E-state index in [4.69, 9.17) is 9.47 Å². The summed E-state index contributed by atoms with van der Waals surface area (Å²) in [6.07, 6.45) is -1.25. The normalized spacial score (nSPS) is 47.0. The van der Waals surface area contributed by atoms with Crippen molar-refractivity contribution < 1.29 is 42.5 Å². The van der Waals surface area contributed by atoms with Gasteiger partial charge >= 0.3 is 11.9 Å². The molecule has 0 aromatic heterocycles. The lowest BCUT2D eigenvalue weighted by Gasteiger charge is -2.64. The van der Waals surface area contributed by atoms with Crippen LogP contribution < -0.4 is 0 Å². The zero-order valence-electron chi connectivity index (χ0n) is 23.0.